The van der Waals surface area contributed by atoms with Crippen LogP contribution in [0.15, 0.2) is 53.8 Å². The molecule has 1 N–H and O–H groups in total. The number of aryl methyl sites for hydroxylation is 2. The Balaban J connectivity index is 1.51. The quantitative estimate of drug-likeness (QED) is 0.400. The van der Waals surface area contributed by atoms with Crippen LogP contribution in [0.4, 0.5) is 10.1 Å². The summed E-state index contributed by atoms with van der Waals surface area (Å²) >= 11 is 1.26. The topological polar surface area (TPSA) is 85.6 Å². The van der Waals surface area contributed by atoms with E-state index in [0.717, 1.165) is 16.8 Å². The number of nitrogens with one attached hydrogen (secondary N) is 1. The smallest absolute Gasteiger partial charge is 0.234 e. The molecule has 2 heterocycles. The molecule has 0 atom stereocenters. The molecule has 29 heavy (non-hydrogen) atoms. The first-order chi connectivity index (χ1) is 14.0. The Morgan fingerprint density at radius 1 is 1.10 bits per heavy atom. The highest BCUT2D eigenvalue weighted by atomic mass is 32.2. The highest BCUT2D eigenvalue weighted by molar-refractivity contribution is 8.00. The molecule has 4 aromatic rings. The molecule has 0 saturated heterocycles. The lowest BCUT2D eigenvalue weighted by atomic mass is 10.1. The summed E-state index contributed by atoms with van der Waals surface area (Å²) in [5, 5.41) is 11.7. The summed E-state index contributed by atoms with van der Waals surface area (Å²) in [5.74, 6) is -0.306. The van der Waals surface area contributed by atoms with Crippen LogP contribution in [-0.2, 0) is 4.79 Å². The molecule has 7 nitrogen and oxygen atoms in total. The molecule has 2 aromatic heterocycles. The third-order valence-corrected chi connectivity index (χ3v) is 5.10. The fraction of sp³-hybridized carbons (Fsp3) is 0.150. The number of halogens is 1. The monoisotopic (exact) mass is 408 g/mol. The van der Waals surface area contributed by atoms with Crippen molar-refractivity contribution in [3.8, 4) is 5.69 Å². The van der Waals surface area contributed by atoms with E-state index in [-0.39, 0.29) is 17.5 Å². The van der Waals surface area contributed by atoms with Crippen molar-refractivity contribution in [1.82, 2.24) is 25.0 Å². The summed E-state index contributed by atoms with van der Waals surface area (Å²) in [5.41, 5.74) is 4.55. The molecule has 0 unspecified atom stereocenters. The minimum Gasteiger partial charge on any atom is -0.325 e. The predicted molar refractivity (Wildman–Crippen MR) is 110 cm³/mol. The van der Waals surface area contributed by atoms with Crippen LogP contribution in [0.25, 0.3) is 16.9 Å². The van der Waals surface area contributed by atoms with E-state index in [0.29, 0.717) is 21.9 Å². The van der Waals surface area contributed by atoms with Gasteiger partial charge < -0.3 is 5.32 Å². The van der Waals surface area contributed by atoms with Gasteiger partial charge in [0.1, 0.15) is 17.2 Å². The van der Waals surface area contributed by atoms with Gasteiger partial charge in [0.05, 0.1) is 11.4 Å². The average Bonchev–Trinajstić information content (AvgIpc) is 3.11. The van der Waals surface area contributed by atoms with Crippen molar-refractivity contribution in [2.45, 2.75) is 18.9 Å². The molecule has 0 spiro atoms. The van der Waals surface area contributed by atoms with Crippen LogP contribution in [0.5, 0.6) is 0 Å². The second-order valence-electron chi connectivity index (χ2n) is 6.54. The molecule has 2 aromatic carbocycles. The van der Waals surface area contributed by atoms with Gasteiger partial charge in [-0.3, -0.25) is 4.79 Å². The number of hydrogen-bond acceptors (Lipinski definition) is 6. The maximum Gasteiger partial charge on any atom is 0.234 e. The summed E-state index contributed by atoms with van der Waals surface area (Å²) < 4.78 is 14.7. The fourth-order valence-corrected chi connectivity index (χ4v) is 3.70. The molecule has 0 saturated carbocycles. The van der Waals surface area contributed by atoms with Gasteiger partial charge in [0, 0.05) is 5.69 Å². The molecule has 0 fully saturated rings. The van der Waals surface area contributed by atoms with E-state index in [1.165, 1.54) is 34.9 Å². The van der Waals surface area contributed by atoms with Gasteiger partial charge in [-0.05, 0) is 61.4 Å². The number of amides is 1. The number of benzene rings is 2. The highest BCUT2D eigenvalue weighted by Crippen LogP contribution is 2.24. The van der Waals surface area contributed by atoms with Crippen molar-refractivity contribution in [2.24, 2.45) is 0 Å². The fourth-order valence-electron chi connectivity index (χ4n) is 2.97. The number of rotatable bonds is 5. The highest BCUT2D eigenvalue weighted by Gasteiger charge is 2.15. The zero-order valence-electron chi connectivity index (χ0n) is 15.8. The number of carbonyl (C=O) groups excluding carboxylic acids is 1. The molecular formula is C20H17FN6OS. The number of aromatic nitrogens is 5. The standard InChI is InChI=1S/C20H17FN6OS/c1-12-7-13(2)9-15(8-12)24-17(28)10-29-20-18-19(22-11-23-20)27(26-25-18)16-5-3-14(21)4-6-16/h3-9,11H,10H2,1-2H3,(H,24,28). The van der Waals surface area contributed by atoms with Crippen molar-refractivity contribution in [2.75, 3.05) is 11.1 Å². The van der Waals surface area contributed by atoms with E-state index in [1.54, 1.807) is 12.1 Å². The van der Waals surface area contributed by atoms with Gasteiger partial charge in [-0.1, -0.05) is 23.0 Å². The molecule has 0 aliphatic carbocycles. The van der Waals surface area contributed by atoms with Crippen molar-refractivity contribution in [3.05, 3.63) is 65.7 Å². The summed E-state index contributed by atoms with van der Waals surface area (Å²) in [6.45, 7) is 3.97. The van der Waals surface area contributed by atoms with Crippen LogP contribution < -0.4 is 5.32 Å². The summed E-state index contributed by atoms with van der Waals surface area (Å²) in [4.78, 5) is 20.8. The van der Waals surface area contributed by atoms with Crippen molar-refractivity contribution < 1.29 is 9.18 Å². The molecule has 9 heteroatoms. The van der Waals surface area contributed by atoms with Crippen LogP contribution in [-0.4, -0.2) is 36.6 Å². The van der Waals surface area contributed by atoms with Gasteiger partial charge in [0.25, 0.3) is 0 Å². The van der Waals surface area contributed by atoms with Crippen molar-refractivity contribution in [1.29, 1.82) is 0 Å². The third-order valence-electron chi connectivity index (χ3n) is 4.12. The minimum atomic E-state index is -0.334. The Kier molecular flexibility index (Phi) is 5.22. The van der Waals surface area contributed by atoms with Gasteiger partial charge >= 0.3 is 0 Å². The van der Waals surface area contributed by atoms with Gasteiger partial charge in [0.15, 0.2) is 11.2 Å². The molecule has 146 valence electrons. The van der Waals surface area contributed by atoms with Crippen LogP contribution in [0, 0.1) is 19.7 Å². The van der Waals surface area contributed by atoms with E-state index in [1.807, 2.05) is 32.0 Å². The summed E-state index contributed by atoms with van der Waals surface area (Å²) in [6.07, 6.45) is 1.40. The molecule has 0 bridgehead atoms. The van der Waals surface area contributed by atoms with E-state index in [2.05, 4.69) is 25.6 Å². The lowest BCUT2D eigenvalue weighted by Gasteiger charge is -2.07. The average molecular weight is 408 g/mol. The molecule has 0 aliphatic heterocycles. The first kappa shape index (κ1) is 19.0. The van der Waals surface area contributed by atoms with E-state index >= 15 is 0 Å². The van der Waals surface area contributed by atoms with Gasteiger partial charge in [-0.25, -0.2) is 14.4 Å². The molecule has 0 aliphatic rings. The zero-order valence-corrected chi connectivity index (χ0v) is 16.6. The van der Waals surface area contributed by atoms with Crippen LogP contribution in [0.1, 0.15) is 11.1 Å². The number of thioether (sulfide) groups is 1. The van der Waals surface area contributed by atoms with Crippen molar-refractivity contribution in [3.63, 3.8) is 0 Å². The number of nitrogens with zero attached hydrogens (tertiary/aromatic N) is 5. The second-order valence-corrected chi connectivity index (χ2v) is 7.51. The van der Waals surface area contributed by atoms with Gasteiger partial charge in [0.2, 0.25) is 5.91 Å². The van der Waals surface area contributed by atoms with E-state index in [4.69, 9.17) is 0 Å². The maximum absolute atomic E-state index is 13.2. The Morgan fingerprint density at radius 2 is 1.83 bits per heavy atom. The Labute approximate surface area is 170 Å². The first-order valence-electron chi connectivity index (χ1n) is 8.83. The minimum absolute atomic E-state index is 0.141. The SMILES string of the molecule is Cc1cc(C)cc(NC(=O)CSc2ncnc3c2nnn3-c2ccc(F)cc2)c1. The first-order valence-corrected chi connectivity index (χ1v) is 9.81. The van der Waals surface area contributed by atoms with E-state index in [9.17, 15) is 9.18 Å². The zero-order chi connectivity index (χ0) is 20.4. The van der Waals surface area contributed by atoms with E-state index < -0.39 is 0 Å². The third kappa shape index (κ3) is 4.24. The number of anilines is 1. The van der Waals surface area contributed by atoms with Crippen LogP contribution in [0.2, 0.25) is 0 Å². The molecule has 1 amide bonds. The molecule has 0 radical (unpaired) electrons. The number of carbonyl (C=O) groups is 1. The van der Waals surface area contributed by atoms with Crippen LogP contribution in [0.3, 0.4) is 0 Å². The predicted octanol–water partition coefficient (Wildman–Crippen LogP) is 3.70. The van der Waals surface area contributed by atoms with Gasteiger partial charge in [-0.2, -0.15) is 4.68 Å². The largest absolute Gasteiger partial charge is 0.325 e. The lowest BCUT2D eigenvalue weighted by molar-refractivity contribution is -0.113. The Bertz CT molecular complexity index is 1170. The Hall–Kier alpha value is -3.33. The lowest BCUT2D eigenvalue weighted by Crippen LogP contribution is -2.14. The molecular weight excluding hydrogens is 391 g/mol. The normalized spacial score (nSPS) is 11.0. The summed E-state index contributed by atoms with van der Waals surface area (Å²) in [6, 6.07) is 11.8. The number of hydrogen-bond donors (Lipinski definition) is 1. The van der Waals surface area contributed by atoms with Gasteiger partial charge in [-0.15, -0.1) is 5.10 Å². The second kappa shape index (κ2) is 7.96. The number of fused-ring (bicyclic) bond motifs is 1. The van der Waals surface area contributed by atoms with Crippen LogP contribution >= 0.6 is 11.8 Å². The molecule has 4 rings (SSSR count). The summed E-state index contributed by atoms with van der Waals surface area (Å²) in [7, 11) is 0. The maximum atomic E-state index is 13.2. The Morgan fingerprint density at radius 3 is 2.55 bits per heavy atom. The van der Waals surface area contributed by atoms with Crippen molar-refractivity contribution >= 4 is 34.5 Å².